The highest BCUT2D eigenvalue weighted by atomic mass is 19.1. The minimum absolute atomic E-state index is 0.190. The number of aryl methyl sites for hydroxylation is 1. The van der Waals surface area contributed by atoms with Crippen molar-refractivity contribution in [1.29, 1.82) is 0 Å². The molecule has 3 N–H and O–H groups in total. The van der Waals surface area contributed by atoms with Gasteiger partial charge in [0.05, 0.1) is 24.0 Å². The van der Waals surface area contributed by atoms with Crippen LogP contribution in [0.5, 0.6) is 5.75 Å². The molecule has 0 saturated carbocycles. The van der Waals surface area contributed by atoms with Crippen molar-refractivity contribution in [2.45, 2.75) is 32.2 Å². The summed E-state index contributed by atoms with van der Waals surface area (Å²) < 4.78 is 19.4. The van der Waals surface area contributed by atoms with E-state index in [1.165, 1.54) is 23.4 Å². The van der Waals surface area contributed by atoms with Crippen LogP contribution in [0.3, 0.4) is 0 Å². The fraction of sp³-hybridized carbons (Fsp3) is 0.391. The Labute approximate surface area is 181 Å². The first-order chi connectivity index (χ1) is 15.0. The molecule has 2 aromatic rings. The van der Waals surface area contributed by atoms with Gasteiger partial charge < -0.3 is 25.6 Å². The van der Waals surface area contributed by atoms with Gasteiger partial charge in [-0.3, -0.25) is 9.59 Å². The summed E-state index contributed by atoms with van der Waals surface area (Å²) in [5, 5.41) is 8.51. The number of carbonyl (C=O) groups excluding carboxylic acids is 2. The Morgan fingerprint density at radius 3 is 2.97 bits per heavy atom. The third kappa shape index (κ3) is 4.42. The number of nitrogens with one attached hydrogen (secondary N) is 3. The molecule has 2 heterocycles. The number of amides is 2. The molecule has 0 spiro atoms. The van der Waals surface area contributed by atoms with Crippen LogP contribution < -0.4 is 25.6 Å². The van der Waals surface area contributed by atoms with Crippen LogP contribution in [-0.2, 0) is 11.2 Å². The predicted octanol–water partition coefficient (Wildman–Crippen LogP) is 3.16. The first-order valence-corrected chi connectivity index (χ1v) is 10.6. The second kappa shape index (κ2) is 8.83. The summed E-state index contributed by atoms with van der Waals surface area (Å²) in [4.78, 5) is 26.9. The molecule has 164 valence electrons. The standard InChI is InChI=1S/C23H27FN4O3/c1-14-22(29)27-19-12-16(24)11-18(21(19)26-14)23(30)25-8-4-10-28-9-3-5-15-6-7-17(31-2)13-20(15)28/h6-7,11-14,26H,3-5,8-10H2,1-2H3,(H,25,30)(H,27,29). The Morgan fingerprint density at radius 1 is 1.32 bits per heavy atom. The second-order valence-corrected chi connectivity index (χ2v) is 7.93. The van der Waals surface area contributed by atoms with Gasteiger partial charge in [-0.15, -0.1) is 0 Å². The van der Waals surface area contributed by atoms with E-state index in [1.54, 1.807) is 14.0 Å². The molecule has 7 nitrogen and oxygen atoms in total. The third-order valence-electron chi connectivity index (χ3n) is 5.76. The highest BCUT2D eigenvalue weighted by molar-refractivity contribution is 6.09. The molecule has 8 heteroatoms. The molecule has 31 heavy (non-hydrogen) atoms. The zero-order chi connectivity index (χ0) is 22.0. The summed E-state index contributed by atoms with van der Waals surface area (Å²) in [7, 11) is 1.66. The maximum absolute atomic E-state index is 14.0. The average molecular weight is 426 g/mol. The number of carbonyl (C=O) groups is 2. The van der Waals surface area contributed by atoms with Crippen molar-refractivity contribution in [2.75, 3.05) is 42.3 Å². The van der Waals surface area contributed by atoms with E-state index in [0.717, 1.165) is 38.1 Å². The quantitative estimate of drug-likeness (QED) is 0.618. The lowest BCUT2D eigenvalue weighted by Crippen LogP contribution is -2.38. The summed E-state index contributed by atoms with van der Waals surface area (Å²) in [5.41, 5.74) is 3.42. The molecule has 2 aromatic carbocycles. The van der Waals surface area contributed by atoms with Gasteiger partial charge in [-0.1, -0.05) is 6.07 Å². The van der Waals surface area contributed by atoms with Gasteiger partial charge in [0.25, 0.3) is 5.91 Å². The van der Waals surface area contributed by atoms with Gasteiger partial charge in [0, 0.05) is 31.4 Å². The molecule has 2 amide bonds. The number of nitrogens with zero attached hydrogens (tertiary/aromatic N) is 1. The van der Waals surface area contributed by atoms with Gasteiger partial charge in [-0.2, -0.15) is 0 Å². The van der Waals surface area contributed by atoms with Crippen LogP contribution in [0.2, 0.25) is 0 Å². The number of methoxy groups -OCH3 is 1. The van der Waals surface area contributed by atoms with E-state index in [9.17, 15) is 14.0 Å². The highest BCUT2D eigenvalue weighted by Gasteiger charge is 2.26. The molecular weight excluding hydrogens is 399 g/mol. The lowest BCUT2D eigenvalue weighted by Gasteiger charge is -2.31. The Morgan fingerprint density at radius 2 is 2.16 bits per heavy atom. The molecule has 2 aliphatic rings. The zero-order valence-electron chi connectivity index (χ0n) is 17.8. The molecule has 0 aliphatic carbocycles. The number of anilines is 3. The van der Waals surface area contributed by atoms with Crippen molar-refractivity contribution in [3.63, 3.8) is 0 Å². The number of hydrogen-bond acceptors (Lipinski definition) is 5. The lowest BCUT2D eigenvalue weighted by molar-refractivity contribution is -0.116. The van der Waals surface area contributed by atoms with Crippen LogP contribution in [0.4, 0.5) is 21.5 Å². The first kappa shape index (κ1) is 21.0. The van der Waals surface area contributed by atoms with Crippen LogP contribution in [-0.4, -0.2) is 44.6 Å². The van der Waals surface area contributed by atoms with Gasteiger partial charge in [0.1, 0.15) is 17.6 Å². The van der Waals surface area contributed by atoms with Crippen molar-refractivity contribution >= 4 is 28.9 Å². The maximum atomic E-state index is 14.0. The lowest BCUT2D eigenvalue weighted by atomic mass is 10.0. The van der Waals surface area contributed by atoms with E-state index >= 15 is 0 Å². The Bertz CT molecular complexity index is 1010. The first-order valence-electron chi connectivity index (χ1n) is 10.6. The summed E-state index contributed by atoms with van der Waals surface area (Å²) in [6.07, 6.45) is 2.90. The number of halogens is 1. The van der Waals surface area contributed by atoms with E-state index in [-0.39, 0.29) is 23.1 Å². The second-order valence-electron chi connectivity index (χ2n) is 7.93. The molecule has 0 radical (unpaired) electrons. The SMILES string of the molecule is COc1ccc2c(c1)N(CCCNC(=O)c1cc(F)cc3c1NC(C)C(=O)N3)CCC2. The Balaban J connectivity index is 1.38. The molecule has 0 bridgehead atoms. The Kier molecular flexibility index (Phi) is 5.97. The number of rotatable bonds is 6. The largest absolute Gasteiger partial charge is 0.497 e. The predicted molar refractivity (Wildman–Crippen MR) is 119 cm³/mol. The van der Waals surface area contributed by atoms with Gasteiger partial charge in [-0.05, 0) is 49.9 Å². The summed E-state index contributed by atoms with van der Waals surface area (Å²) in [6, 6.07) is 8.07. The molecule has 1 unspecified atom stereocenters. The molecule has 0 saturated heterocycles. The number of hydrogen-bond donors (Lipinski definition) is 3. The number of ether oxygens (including phenoxy) is 1. The fourth-order valence-electron chi connectivity index (χ4n) is 4.12. The minimum Gasteiger partial charge on any atom is -0.497 e. The summed E-state index contributed by atoms with van der Waals surface area (Å²) in [5.74, 6) is -0.363. The summed E-state index contributed by atoms with van der Waals surface area (Å²) in [6.45, 7) is 3.91. The highest BCUT2D eigenvalue weighted by Crippen LogP contribution is 2.32. The van der Waals surface area contributed by atoms with Crippen molar-refractivity contribution < 1.29 is 18.7 Å². The van der Waals surface area contributed by atoms with Crippen molar-refractivity contribution in [1.82, 2.24) is 5.32 Å². The molecule has 4 rings (SSSR count). The minimum atomic E-state index is -0.570. The zero-order valence-corrected chi connectivity index (χ0v) is 17.8. The third-order valence-corrected chi connectivity index (χ3v) is 5.76. The molecule has 2 aliphatic heterocycles. The fourth-order valence-corrected chi connectivity index (χ4v) is 4.12. The summed E-state index contributed by atoms with van der Waals surface area (Å²) >= 11 is 0. The van der Waals surface area contributed by atoms with Crippen LogP contribution in [0.15, 0.2) is 30.3 Å². The van der Waals surface area contributed by atoms with Crippen molar-refractivity contribution in [3.05, 3.63) is 47.3 Å². The maximum Gasteiger partial charge on any atom is 0.253 e. The average Bonchev–Trinajstić information content (AvgIpc) is 2.77. The van der Waals surface area contributed by atoms with Gasteiger partial charge in [-0.25, -0.2) is 4.39 Å². The van der Waals surface area contributed by atoms with Crippen molar-refractivity contribution in [2.24, 2.45) is 0 Å². The van der Waals surface area contributed by atoms with Crippen LogP contribution >= 0.6 is 0 Å². The van der Waals surface area contributed by atoms with Crippen molar-refractivity contribution in [3.8, 4) is 5.75 Å². The normalized spacial score (nSPS) is 17.2. The van der Waals surface area contributed by atoms with Crippen LogP contribution in [0.25, 0.3) is 0 Å². The monoisotopic (exact) mass is 426 g/mol. The van der Waals surface area contributed by atoms with Gasteiger partial charge in [0.15, 0.2) is 0 Å². The van der Waals surface area contributed by atoms with E-state index in [0.29, 0.717) is 12.2 Å². The van der Waals surface area contributed by atoms with E-state index in [4.69, 9.17) is 4.74 Å². The molecule has 1 atom stereocenters. The number of fused-ring (bicyclic) bond motifs is 2. The van der Waals surface area contributed by atoms with Crippen LogP contribution in [0.1, 0.15) is 35.7 Å². The number of benzene rings is 2. The van der Waals surface area contributed by atoms with Gasteiger partial charge >= 0.3 is 0 Å². The molecule has 0 fully saturated rings. The van der Waals surface area contributed by atoms with Crippen LogP contribution in [0, 0.1) is 5.82 Å². The topological polar surface area (TPSA) is 82.7 Å². The molecular formula is C23H27FN4O3. The molecule has 0 aromatic heterocycles. The van der Waals surface area contributed by atoms with E-state index in [2.05, 4.69) is 33.0 Å². The van der Waals surface area contributed by atoms with Gasteiger partial charge in [0.2, 0.25) is 5.91 Å². The smallest absolute Gasteiger partial charge is 0.253 e. The van der Waals surface area contributed by atoms with E-state index in [1.807, 2.05) is 6.07 Å². The van der Waals surface area contributed by atoms with E-state index < -0.39 is 11.9 Å². The Hall–Kier alpha value is -3.29.